The van der Waals surface area contributed by atoms with Crippen LogP contribution in [0, 0.1) is 11.3 Å². The number of nitrogens with one attached hydrogen (secondary N) is 1. The largest absolute Gasteiger partial charge is 0.465 e. The van der Waals surface area contributed by atoms with Crippen LogP contribution in [0.4, 0.5) is 5.69 Å². The number of aromatic amines is 1. The van der Waals surface area contributed by atoms with Crippen molar-refractivity contribution in [3.05, 3.63) is 53.3 Å². The number of hydrogen-bond donors (Lipinski definition) is 1. The molecule has 0 saturated carbocycles. The number of H-pyrrole nitrogens is 1. The van der Waals surface area contributed by atoms with Crippen LogP contribution < -0.4 is 5.01 Å². The Morgan fingerprint density at radius 2 is 2.04 bits per heavy atom. The first-order valence-corrected chi connectivity index (χ1v) is 7.78. The molecule has 2 aromatic rings. The summed E-state index contributed by atoms with van der Waals surface area (Å²) in [7, 11) is 0. The summed E-state index contributed by atoms with van der Waals surface area (Å²) in [5.74, 6) is -1.11. The fourth-order valence-corrected chi connectivity index (χ4v) is 2.09. The second-order valence-corrected chi connectivity index (χ2v) is 5.25. The van der Waals surface area contributed by atoms with Gasteiger partial charge in [0.2, 0.25) is 11.5 Å². The predicted octanol–water partition coefficient (Wildman–Crippen LogP) is 2.80. The number of esters is 1. The molecule has 0 atom stereocenters. The zero-order chi connectivity index (χ0) is 18.2. The zero-order valence-corrected chi connectivity index (χ0v) is 14.2. The highest BCUT2D eigenvalue weighted by atomic mass is 35.5. The Bertz CT molecular complexity index is 807. The summed E-state index contributed by atoms with van der Waals surface area (Å²) in [5.41, 5.74) is 0.360. The maximum atomic E-state index is 12.3. The minimum atomic E-state index is -0.574. The van der Waals surface area contributed by atoms with E-state index in [1.165, 1.54) is 11.1 Å². The molecular formula is C17H15ClN4O3. The van der Waals surface area contributed by atoms with Gasteiger partial charge in [0.25, 0.3) is 0 Å². The van der Waals surface area contributed by atoms with Crippen LogP contribution in [0.5, 0.6) is 0 Å². The molecule has 1 aromatic carbocycles. The summed E-state index contributed by atoms with van der Waals surface area (Å²) in [5, 5.41) is 15.1. The van der Waals surface area contributed by atoms with Crippen LogP contribution in [0.2, 0.25) is 5.02 Å². The molecule has 0 fully saturated rings. The van der Waals surface area contributed by atoms with Gasteiger partial charge in [-0.1, -0.05) is 11.6 Å². The van der Waals surface area contributed by atoms with Crippen LogP contribution in [0.3, 0.4) is 0 Å². The van der Waals surface area contributed by atoms with E-state index in [0.29, 0.717) is 10.7 Å². The van der Waals surface area contributed by atoms with Gasteiger partial charge in [0.05, 0.1) is 18.0 Å². The van der Waals surface area contributed by atoms with Crippen molar-refractivity contribution >= 4 is 34.8 Å². The number of ketones is 1. The number of anilines is 1. The normalized spacial score (nSPS) is 10.8. The average Bonchev–Trinajstić information content (AvgIpc) is 3.13. The highest BCUT2D eigenvalue weighted by Gasteiger charge is 2.19. The first kappa shape index (κ1) is 18.2. The van der Waals surface area contributed by atoms with E-state index >= 15 is 0 Å². The van der Waals surface area contributed by atoms with Gasteiger partial charge in [-0.2, -0.15) is 10.4 Å². The lowest BCUT2D eigenvalue weighted by Crippen LogP contribution is -2.29. The smallest absolute Gasteiger partial charge is 0.327 e. The number of hydrogen-bond acceptors (Lipinski definition) is 6. The van der Waals surface area contributed by atoms with E-state index in [1.54, 1.807) is 49.5 Å². The van der Waals surface area contributed by atoms with Crippen molar-refractivity contribution in [2.24, 2.45) is 5.10 Å². The Kier molecular flexibility index (Phi) is 6.32. The first-order chi connectivity index (χ1) is 12.0. The topological polar surface area (TPSA) is 98.5 Å². The fraction of sp³-hybridized carbons (Fsp3) is 0.176. The van der Waals surface area contributed by atoms with Gasteiger partial charge in [-0.25, -0.2) is 0 Å². The van der Waals surface area contributed by atoms with Crippen molar-refractivity contribution < 1.29 is 14.3 Å². The Morgan fingerprint density at radius 3 is 2.60 bits per heavy atom. The number of ether oxygens (including phenoxy) is 1. The zero-order valence-electron chi connectivity index (χ0n) is 13.4. The molecule has 0 aliphatic carbocycles. The van der Waals surface area contributed by atoms with E-state index in [9.17, 15) is 14.9 Å². The summed E-state index contributed by atoms with van der Waals surface area (Å²) in [6.45, 7) is 1.64. The van der Waals surface area contributed by atoms with Crippen LogP contribution in [-0.2, 0) is 9.53 Å². The average molecular weight is 359 g/mol. The number of Topliss-reactive ketones (excluding diaryl/α,β-unsaturated/α-hetero) is 1. The van der Waals surface area contributed by atoms with Crippen LogP contribution in [0.1, 0.15) is 17.4 Å². The molecule has 0 amide bonds. The third-order valence-corrected chi connectivity index (χ3v) is 3.35. The molecule has 0 aliphatic rings. The quantitative estimate of drug-likeness (QED) is 0.355. The van der Waals surface area contributed by atoms with Crippen molar-refractivity contribution in [3.8, 4) is 6.07 Å². The van der Waals surface area contributed by atoms with Gasteiger partial charge in [0, 0.05) is 11.2 Å². The van der Waals surface area contributed by atoms with Crippen LogP contribution in [0.15, 0.2) is 47.7 Å². The van der Waals surface area contributed by atoms with Crippen molar-refractivity contribution in [2.45, 2.75) is 6.92 Å². The SMILES string of the molecule is CCOC(=O)CN(/N=C(\C#N)C(=O)c1ccc[nH]1)c1ccc(Cl)cc1. The van der Waals surface area contributed by atoms with Gasteiger partial charge < -0.3 is 9.72 Å². The van der Waals surface area contributed by atoms with Crippen molar-refractivity contribution in [1.29, 1.82) is 5.26 Å². The minimum Gasteiger partial charge on any atom is -0.465 e. The van der Waals surface area contributed by atoms with E-state index in [1.807, 2.05) is 0 Å². The molecule has 0 radical (unpaired) electrons. The standard InChI is InChI=1S/C17H15ClN4O3/c1-2-25-16(23)11-22(13-7-5-12(18)6-8-13)21-15(10-19)17(24)14-4-3-9-20-14/h3-9,20H,2,11H2,1H3/b21-15+. The van der Waals surface area contributed by atoms with E-state index in [-0.39, 0.29) is 24.6 Å². The second kappa shape index (κ2) is 8.66. The van der Waals surface area contributed by atoms with E-state index in [0.717, 1.165) is 0 Å². The molecule has 1 heterocycles. The molecule has 0 aliphatic heterocycles. The highest BCUT2D eigenvalue weighted by Crippen LogP contribution is 2.19. The minimum absolute atomic E-state index is 0.212. The monoisotopic (exact) mass is 358 g/mol. The Labute approximate surface area is 149 Å². The number of nitrogens with zero attached hydrogens (tertiary/aromatic N) is 3. The maximum absolute atomic E-state index is 12.3. The van der Waals surface area contributed by atoms with Gasteiger partial charge in [-0.3, -0.25) is 14.6 Å². The van der Waals surface area contributed by atoms with Crippen LogP contribution >= 0.6 is 11.6 Å². The van der Waals surface area contributed by atoms with Crippen molar-refractivity contribution in [3.63, 3.8) is 0 Å². The molecule has 0 spiro atoms. The van der Waals surface area contributed by atoms with Crippen LogP contribution in [-0.4, -0.2) is 35.6 Å². The summed E-state index contributed by atoms with van der Waals surface area (Å²) in [4.78, 5) is 26.9. The van der Waals surface area contributed by atoms with Gasteiger partial charge >= 0.3 is 5.97 Å². The number of carbonyl (C=O) groups excluding carboxylic acids is 2. The molecular weight excluding hydrogens is 344 g/mol. The number of benzene rings is 1. The number of rotatable bonds is 7. The molecule has 8 heteroatoms. The Morgan fingerprint density at radius 1 is 1.32 bits per heavy atom. The number of nitriles is 1. The number of carbonyl (C=O) groups is 2. The predicted molar refractivity (Wildman–Crippen MR) is 93.6 cm³/mol. The lowest BCUT2D eigenvalue weighted by molar-refractivity contribution is -0.141. The van der Waals surface area contributed by atoms with Crippen LogP contribution in [0.25, 0.3) is 0 Å². The Balaban J connectivity index is 2.35. The highest BCUT2D eigenvalue weighted by molar-refractivity contribution is 6.51. The lowest BCUT2D eigenvalue weighted by atomic mass is 10.2. The number of halogens is 1. The molecule has 128 valence electrons. The van der Waals surface area contributed by atoms with E-state index in [4.69, 9.17) is 16.3 Å². The Hall–Kier alpha value is -3.11. The molecule has 0 saturated heterocycles. The molecule has 25 heavy (non-hydrogen) atoms. The van der Waals surface area contributed by atoms with Crippen molar-refractivity contribution in [2.75, 3.05) is 18.2 Å². The molecule has 1 aromatic heterocycles. The maximum Gasteiger partial charge on any atom is 0.327 e. The van der Waals surface area contributed by atoms with Gasteiger partial charge in [-0.05, 0) is 43.3 Å². The number of hydrazone groups is 1. The third-order valence-electron chi connectivity index (χ3n) is 3.09. The lowest BCUT2D eigenvalue weighted by Gasteiger charge is -2.18. The fourth-order valence-electron chi connectivity index (χ4n) is 1.96. The number of aromatic nitrogens is 1. The molecule has 0 bridgehead atoms. The van der Waals surface area contributed by atoms with Gasteiger partial charge in [0.15, 0.2) is 0 Å². The third kappa shape index (κ3) is 4.93. The summed E-state index contributed by atoms with van der Waals surface area (Å²) < 4.78 is 4.92. The summed E-state index contributed by atoms with van der Waals surface area (Å²) in [6, 6.07) is 11.4. The molecule has 0 unspecified atom stereocenters. The molecule has 2 rings (SSSR count). The van der Waals surface area contributed by atoms with Gasteiger partial charge in [-0.15, -0.1) is 0 Å². The van der Waals surface area contributed by atoms with E-state index in [2.05, 4.69) is 10.1 Å². The molecule has 1 N–H and O–H groups in total. The first-order valence-electron chi connectivity index (χ1n) is 7.40. The summed E-state index contributed by atoms with van der Waals surface area (Å²) in [6.07, 6.45) is 1.57. The van der Waals surface area contributed by atoms with Gasteiger partial charge in [0.1, 0.15) is 12.6 Å². The summed E-state index contributed by atoms with van der Waals surface area (Å²) >= 11 is 5.87. The van der Waals surface area contributed by atoms with E-state index < -0.39 is 11.8 Å². The van der Waals surface area contributed by atoms with Crippen molar-refractivity contribution in [1.82, 2.24) is 4.98 Å². The second-order valence-electron chi connectivity index (χ2n) is 4.81. The molecule has 7 nitrogen and oxygen atoms in total.